The van der Waals surface area contributed by atoms with Crippen LogP contribution in [-0.4, -0.2) is 28.2 Å². The summed E-state index contributed by atoms with van der Waals surface area (Å²) in [7, 11) is 0. The fourth-order valence-corrected chi connectivity index (χ4v) is 6.96. The van der Waals surface area contributed by atoms with Crippen molar-refractivity contribution in [1.29, 1.82) is 0 Å². The van der Waals surface area contributed by atoms with Gasteiger partial charge in [0.1, 0.15) is 5.60 Å². The summed E-state index contributed by atoms with van der Waals surface area (Å²) in [6.45, 7) is 21.4. The Hall–Kier alpha value is -2.75. The molecule has 0 radical (unpaired) electrons. The van der Waals surface area contributed by atoms with Crippen LogP contribution in [0.4, 0.5) is 0 Å². The number of fused-ring (bicyclic) bond motifs is 1. The molecule has 1 saturated heterocycles. The molecular weight excluding hydrogens is 528 g/mol. The van der Waals surface area contributed by atoms with Crippen LogP contribution in [0.5, 0.6) is 0 Å². The van der Waals surface area contributed by atoms with Crippen LogP contribution in [0.15, 0.2) is 107 Å². The van der Waals surface area contributed by atoms with Crippen LogP contribution >= 0.6 is 0 Å². The van der Waals surface area contributed by atoms with Crippen molar-refractivity contribution in [2.75, 3.05) is 0 Å². The molecule has 4 unspecified atom stereocenters. The summed E-state index contributed by atoms with van der Waals surface area (Å²) in [6, 6.07) is 0. The minimum absolute atomic E-state index is 0.00166. The maximum atomic E-state index is 12.9. The third-order valence-corrected chi connectivity index (χ3v) is 10.4. The molecule has 2 aliphatic carbocycles. The van der Waals surface area contributed by atoms with E-state index in [0.717, 1.165) is 17.6 Å². The molecule has 4 atom stereocenters. The molecule has 0 spiro atoms. The van der Waals surface area contributed by atoms with Gasteiger partial charge in [-0.15, -0.1) is 0 Å². The SMILES string of the molecule is CC(C=CC=C(C)C=CC(=O)C1(C)CC(O)CC1(C)C)=CC=CC=C(C)C=CC=C(C)C=CC12OC1(C)CCCC2(C)C. The second-order valence-corrected chi connectivity index (χ2v) is 14.9. The Labute approximate surface area is 262 Å². The number of allylic oxidation sites excluding steroid dienone is 17. The monoisotopic (exact) mass is 584 g/mol. The molecule has 1 N–H and O–H groups in total. The van der Waals surface area contributed by atoms with E-state index in [0.29, 0.717) is 12.8 Å². The highest BCUT2D eigenvalue weighted by molar-refractivity contribution is 5.95. The van der Waals surface area contributed by atoms with Gasteiger partial charge >= 0.3 is 0 Å². The number of carbonyl (C=O) groups excluding carboxylic acids is 1. The van der Waals surface area contributed by atoms with E-state index in [1.54, 1.807) is 6.08 Å². The number of aliphatic hydroxyl groups excluding tert-OH is 1. The van der Waals surface area contributed by atoms with Crippen LogP contribution in [0, 0.1) is 16.2 Å². The van der Waals surface area contributed by atoms with E-state index in [1.165, 1.54) is 24.0 Å². The predicted molar refractivity (Wildman–Crippen MR) is 183 cm³/mol. The molecule has 1 aliphatic heterocycles. The summed E-state index contributed by atoms with van der Waals surface area (Å²) in [5.41, 5.74) is 3.86. The number of epoxide rings is 1. The molecule has 0 aromatic rings. The van der Waals surface area contributed by atoms with Crippen molar-refractivity contribution in [1.82, 2.24) is 0 Å². The van der Waals surface area contributed by atoms with E-state index in [-0.39, 0.29) is 27.8 Å². The lowest BCUT2D eigenvalue weighted by Gasteiger charge is -2.36. The maximum Gasteiger partial charge on any atom is 0.162 e. The lowest BCUT2D eigenvalue weighted by atomic mass is 9.64. The highest BCUT2D eigenvalue weighted by atomic mass is 16.6. The summed E-state index contributed by atoms with van der Waals surface area (Å²) < 4.78 is 6.33. The zero-order chi connectivity index (χ0) is 32.1. The number of hydrogen-bond acceptors (Lipinski definition) is 3. The Morgan fingerprint density at radius 3 is 1.67 bits per heavy atom. The van der Waals surface area contributed by atoms with Crippen LogP contribution in [-0.2, 0) is 9.53 Å². The van der Waals surface area contributed by atoms with E-state index in [4.69, 9.17) is 4.74 Å². The molecule has 2 saturated carbocycles. The second kappa shape index (κ2) is 13.5. The number of rotatable bonds is 11. The Morgan fingerprint density at radius 2 is 1.16 bits per heavy atom. The van der Waals surface area contributed by atoms with E-state index >= 15 is 0 Å². The van der Waals surface area contributed by atoms with Gasteiger partial charge in [-0.1, -0.05) is 130 Å². The van der Waals surface area contributed by atoms with E-state index in [2.05, 4.69) is 110 Å². The largest absolute Gasteiger partial charge is 0.393 e. The molecule has 0 aromatic heterocycles. The third-order valence-electron chi connectivity index (χ3n) is 10.4. The Balaban J connectivity index is 1.48. The number of hydrogen-bond donors (Lipinski definition) is 1. The van der Waals surface area contributed by atoms with E-state index in [1.807, 2.05) is 38.2 Å². The topological polar surface area (TPSA) is 49.8 Å². The van der Waals surface area contributed by atoms with Crippen LogP contribution in [0.25, 0.3) is 0 Å². The number of ketones is 1. The van der Waals surface area contributed by atoms with Gasteiger partial charge < -0.3 is 9.84 Å². The molecule has 3 heteroatoms. The first kappa shape index (κ1) is 34.7. The van der Waals surface area contributed by atoms with Crippen molar-refractivity contribution < 1.29 is 14.6 Å². The fourth-order valence-electron chi connectivity index (χ4n) is 6.96. The minimum Gasteiger partial charge on any atom is -0.393 e. The zero-order valence-electron chi connectivity index (χ0n) is 28.5. The lowest BCUT2D eigenvalue weighted by molar-refractivity contribution is -0.127. The number of aliphatic hydroxyl groups is 1. The summed E-state index contributed by atoms with van der Waals surface area (Å²) >= 11 is 0. The van der Waals surface area contributed by atoms with Crippen LogP contribution in [0.2, 0.25) is 0 Å². The smallest absolute Gasteiger partial charge is 0.162 e. The average Bonchev–Trinajstić information content (AvgIpc) is 3.48. The van der Waals surface area contributed by atoms with Crippen molar-refractivity contribution in [2.24, 2.45) is 16.2 Å². The highest BCUT2D eigenvalue weighted by Crippen LogP contribution is 2.66. The molecule has 234 valence electrons. The summed E-state index contributed by atoms with van der Waals surface area (Å²) in [4.78, 5) is 12.9. The Morgan fingerprint density at radius 1 is 0.651 bits per heavy atom. The van der Waals surface area contributed by atoms with Crippen LogP contribution in [0.3, 0.4) is 0 Å². The number of carbonyl (C=O) groups is 1. The highest BCUT2D eigenvalue weighted by Gasteiger charge is 2.73. The standard InChI is InChI=1S/C40H56O3/c1-30(18-13-20-32(3)22-23-35(42)38(9)29-34(41)28-37(38,7)8)16-11-12-17-31(2)19-14-21-33(4)24-27-40-36(5,6)25-15-26-39(40,10)43-40/h11-14,16-24,27,34,41H,15,25-26,28-29H2,1-10H3. The van der Waals surface area contributed by atoms with Crippen molar-refractivity contribution in [3.63, 3.8) is 0 Å². The van der Waals surface area contributed by atoms with Gasteiger partial charge in [-0.3, -0.25) is 4.79 Å². The van der Waals surface area contributed by atoms with Gasteiger partial charge in [0.2, 0.25) is 0 Å². The molecule has 3 rings (SSSR count). The zero-order valence-corrected chi connectivity index (χ0v) is 28.5. The molecule has 3 nitrogen and oxygen atoms in total. The van der Waals surface area contributed by atoms with Crippen LogP contribution < -0.4 is 0 Å². The lowest BCUT2D eigenvalue weighted by Crippen LogP contribution is -2.41. The second-order valence-electron chi connectivity index (χ2n) is 14.9. The summed E-state index contributed by atoms with van der Waals surface area (Å²) in [6.07, 6.45) is 33.2. The van der Waals surface area contributed by atoms with Gasteiger partial charge in [-0.05, 0) is 84.3 Å². The first-order valence-electron chi connectivity index (χ1n) is 16.0. The molecule has 3 fully saturated rings. The normalized spacial score (nSPS) is 33.5. The van der Waals surface area contributed by atoms with E-state index < -0.39 is 11.5 Å². The number of ether oxygens (including phenoxy) is 1. The quantitative estimate of drug-likeness (QED) is 0.149. The maximum absolute atomic E-state index is 12.9. The Bertz CT molecular complexity index is 1320. The third kappa shape index (κ3) is 8.05. The summed E-state index contributed by atoms with van der Waals surface area (Å²) in [5.74, 6) is 0.0903. The van der Waals surface area contributed by atoms with Crippen molar-refractivity contribution in [3.05, 3.63) is 107 Å². The molecule has 1 heterocycles. The first-order valence-corrected chi connectivity index (χ1v) is 16.0. The van der Waals surface area contributed by atoms with Crippen LogP contribution in [0.1, 0.15) is 101 Å². The minimum atomic E-state index is -0.527. The van der Waals surface area contributed by atoms with Gasteiger partial charge in [0.15, 0.2) is 5.78 Å². The van der Waals surface area contributed by atoms with E-state index in [9.17, 15) is 9.90 Å². The molecule has 0 amide bonds. The Kier molecular flexibility index (Phi) is 10.9. The first-order chi connectivity index (χ1) is 20.0. The summed E-state index contributed by atoms with van der Waals surface area (Å²) in [5, 5.41) is 10.1. The van der Waals surface area contributed by atoms with Crippen molar-refractivity contribution in [2.45, 2.75) is 119 Å². The fraction of sp³-hybridized carbons (Fsp3) is 0.525. The van der Waals surface area contributed by atoms with Gasteiger partial charge in [-0.25, -0.2) is 0 Å². The van der Waals surface area contributed by atoms with Gasteiger partial charge in [-0.2, -0.15) is 0 Å². The molecule has 0 bridgehead atoms. The van der Waals surface area contributed by atoms with Crippen molar-refractivity contribution in [3.8, 4) is 0 Å². The van der Waals surface area contributed by atoms with Gasteiger partial charge in [0.05, 0.1) is 11.7 Å². The molecular formula is C40H56O3. The average molecular weight is 585 g/mol. The predicted octanol–water partition coefficient (Wildman–Crippen LogP) is 10.0. The molecule has 3 aliphatic rings. The van der Waals surface area contributed by atoms with Gasteiger partial charge in [0.25, 0.3) is 0 Å². The molecule has 0 aromatic carbocycles. The van der Waals surface area contributed by atoms with Gasteiger partial charge in [0, 0.05) is 10.8 Å². The van der Waals surface area contributed by atoms with Crippen molar-refractivity contribution >= 4 is 5.78 Å². The molecule has 43 heavy (non-hydrogen) atoms.